The van der Waals surface area contributed by atoms with Crippen LogP contribution in [0.4, 0.5) is 16.2 Å². The summed E-state index contributed by atoms with van der Waals surface area (Å²) in [6.45, 7) is 6.94. The fourth-order valence-electron chi connectivity index (χ4n) is 3.77. The summed E-state index contributed by atoms with van der Waals surface area (Å²) >= 11 is 0. The van der Waals surface area contributed by atoms with Crippen molar-refractivity contribution in [2.24, 2.45) is 0 Å². The molecule has 1 N–H and O–H groups in total. The van der Waals surface area contributed by atoms with E-state index >= 15 is 0 Å². The van der Waals surface area contributed by atoms with Crippen LogP contribution in [0.5, 0.6) is 5.75 Å². The summed E-state index contributed by atoms with van der Waals surface area (Å²) in [5.41, 5.74) is 2.55. The van der Waals surface area contributed by atoms with Crippen LogP contribution in [0.15, 0.2) is 36.5 Å². The van der Waals surface area contributed by atoms with Crippen molar-refractivity contribution in [3.8, 4) is 17.3 Å². The lowest BCUT2D eigenvalue weighted by Gasteiger charge is -2.20. The number of rotatable bonds is 2. The fourth-order valence-corrected chi connectivity index (χ4v) is 3.77. The molecule has 4 heterocycles. The Balaban J connectivity index is 1.57. The lowest BCUT2D eigenvalue weighted by molar-refractivity contribution is 0.0636. The first-order valence-corrected chi connectivity index (χ1v) is 10.8. The van der Waals surface area contributed by atoms with Crippen LogP contribution in [0.1, 0.15) is 27.2 Å². The molecule has 3 aromatic heterocycles. The van der Waals surface area contributed by atoms with Gasteiger partial charge in [0.05, 0.1) is 24.0 Å². The van der Waals surface area contributed by atoms with Gasteiger partial charge in [-0.1, -0.05) is 18.2 Å². The molecule has 5 rings (SSSR count). The van der Waals surface area contributed by atoms with Crippen LogP contribution in [0, 0.1) is 0 Å². The summed E-state index contributed by atoms with van der Waals surface area (Å²) in [7, 11) is 2.01. The highest BCUT2D eigenvalue weighted by atomic mass is 16.6. The Morgan fingerprint density at radius 3 is 2.85 bits per heavy atom. The van der Waals surface area contributed by atoms with Crippen LogP contribution < -0.4 is 15.0 Å². The molecule has 4 aromatic rings. The maximum Gasteiger partial charge on any atom is 0.412 e. The third-order valence-corrected chi connectivity index (χ3v) is 5.25. The molecule has 0 bridgehead atoms. The van der Waals surface area contributed by atoms with E-state index in [-0.39, 0.29) is 0 Å². The predicted octanol–water partition coefficient (Wildman–Crippen LogP) is 3.91. The van der Waals surface area contributed by atoms with Gasteiger partial charge >= 0.3 is 6.09 Å². The van der Waals surface area contributed by atoms with Crippen molar-refractivity contribution in [3.05, 3.63) is 36.5 Å². The normalized spacial score (nSPS) is 14.0. The quantitative estimate of drug-likeness (QED) is 0.493. The zero-order valence-corrected chi connectivity index (χ0v) is 19.0. The van der Waals surface area contributed by atoms with Gasteiger partial charge in [-0.15, -0.1) is 10.2 Å². The van der Waals surface area contributed by atoms with Crippen LogP contribution in [0.2, 0.25) is 0 Å². The Labute approximate surface area is 190 Å². The lowest BCUT2D eigenvalue weighted by atomic mass is 10.1. The molecule has 0 unspecified atom stereocenters. The maximum absolute atomic E-state index is 12.3. The van der Waals surface area contributed by atoms with E-state index in [0.29, 0.717) is 40.7 Å². The number of para-hydroxylation sites is 1. The van der Waals surface area contributed by atoms with Crippen molar-refractivity contribution < 1.29 is 14.3 Å². The number of hydrogen-bond acceptors (Lipinski definition) is 8. The van der Waals surface area contributed by atoms with Gasteiger partial charge in [0.1, 0.15) is 17.0 Å². The van der Waals surface area contributed by atoms with Crippen molar-refractivity contribution in [2.75, 3.05) is 30.4 Å². The minimum Gasteiger partial charge on any atom is -0.487 e. The number of anilines is 2. The second-order valence-corrected chi connectivity index (χ2v) is 8.94. The average molecular weight is 447 g/mol. The molecule has 0 aliphatic carbocycles. The maximum atomic E-state index is 12.3. The first kappa shape index (κ1) is 20.9. The molecular weight excluding hydrogens is 422 g/mol. The van der Waals surface area contributed by atoms with Crippen molar-refractivity contribution in [3.63, 3.8) is 0 Å². The molecule has 1 aliphatic rings. The molecular formula is C23H25N7O3. The number of carbonyl (C=O) groups is 1. The Bertz CT molecular complexity index is 1360. The van der Waals surface area contributed by atoms with Crippen LogP contribution in [0.3, 0.4) is 0 Å². The summed E-state index contributed by atoms with van der Waals surface area (Å²) < 4.78 is 13.0. The van der Waals surface area contributed by atoms with Gasteiger partial charge in [-0.3, -0.25) is 5.32 Å². The van der Waals surface area contributed by atoms with Crippen LogP contribution in [0.25, 0.3) is 28.1 Å². The van der Waals surface area contributed by atoms with Gasteiger partial charge in [0.25, 0.3) is 0 Å². The molecule has 0 atom stereocenters. The number of fused-ring (bicyclic) bond motifs is 4. The third-order valence-electron chi connectivity index (χ3n) is 5.25. The number of pyridine rings is 1. The number of benzene rings is 1. The smallest absolute Gasteiger partial charge is 0.412 e. The van der Waals surface area contributed by atoms with Crippen LogP contribution in [-0.2, 0) is 4.74 Å². The standard InChI is InChI=1S/C23H25N7O3/c1-23(2,3)33-22(31)26-15-8-5-7-14-9-10-16(25-18(14)15)20-27-28-21-19-17(13-24-30(20)21)29(4)11-6-12-32-19/h5,7-10,13H,6,11-12H2,1-4H3,(H,26,31). The van der Waals surface area contributed by atoms with E-state index in [1.807, 2.05) is 52.1 Å². The van der Waals surface area contributed by atoms with Crippen LogP contribution in [-0.4, -0.2) is 56.7 Å². The summed E-state index contributed by atoms with van der Waals surface area (Å²) in [5, 5.41) is 16.9. The highest BCUT2D eigenvalue weighted by molar-refractivity contribution is 5.98. The summed E-state index contributed by atoms with van der Waals surface area (Å²) in [4.78, 5) is 19.2. The summed E-state index contributed by atoms with van der Waals surface area (Å²) in [5.74, 6) is 1.15. The lowest BCUT2D eigenvalue weighted by Crippen LogP contribution is -2.27. The molecule has 10 heteroatoms. The molecule has 1 aromatic carbocycles. The number of hydrogen-bond donors (Lipinski definition) is 1. The topological polar surface area (TPSA) is 107 Å². The van der Waals surface area contributed by atoms with Crippen molar-refractivity contribution in [1.29, 1.82) is 0 Å². The third kappa shape index (κ3) is 3.99. The predicted molar refractivity (Wildman–Crippen MR) is 125 cm³/mol. The van der Waals surface area contributed by atoms with E-state index < -0.39 is 11.7 Å². The zero-order chi connectivity index (χ0) is 23.2. The molecule has 10 nitrogen and oxygen atoms in total. The number of amides is 1. The van der Waals surface area contributed by atoms with E-state index in [1.54, 1.807) is 16.8 Å². The zero-order valence-electron chi connectivity index (χ0n) is 19.0. The van der Waals surface area contributed by atoms with E-state index in [9.17, 15) is 4.79 Å². The molecule has 33 heavy (non-hydrogen) atoms. The summed E-state index contributed by atoms with van der Waals surface area (Å²) in [6.07, 6.45) is 2.13. The number of aromatic nitrogens is 5. The molecule has 0 saturated heterocycles. The molecule has 170 valence electrons. The van der Waals surface area contributed by atoms with Crippen molar-refractivity contribution in [2.45, 2.75) is 32.8 Å². The Morgan fingerprint density at radius 1 is 1.18 bits per heavy atom. The van der Waals surface area contributed by atoms with Crippen molar-refractivity contribution in [1.82, 2.24) is 24.8 Å². The van der Waals surface area contributed by atoms with E-state index in [1.165, 1.54) is 0 Å². The van der Waals surface area contributed by atoms with E-state index in [0.717, 1.165) is 24.0 Å². The number of carbonyl (C=O) groups excluding carboxylic acids is 1. The second kappa shape index (κ2) is 7.88. The van der Waals surface area contributed by atoms with Gasteiger partial charge in [-0.05, 0) is 39.3 Å². The second-order valence-electron chi connectivity index (χ2n) is 8.94. The Kier molecular flexibility index (Phi) is 4.99. The largest absolute Gasteiger partial charge is 0.487 e. The minimum absolute atomic E-state index is 0.484. The molecule has 1 amide bonds. The Hall–Kier alpha value is -3.95. The molecule has 0 fully saturated rings. The average Bonchev–Trinajstić information content (AvgIpc) is 3.10. The van der Waals surface area contributed by atoms with Gasteiger partial charge in [0.2, 0.25) is 11.5 Å². The van der Waals surface area contributed by atoms with Gasteiger partial charge in [-0.2, -0.15) is 9.61 Å². The van der Waals surface area contributed by atoms with Gasteiger partial charge in [-0.25, -0.2) is 9.78 Å². The highest BCUT2D eigenvalue weighted by Gasteiger charge is 2.22. The van der Waals surface area contributed by atoms with Gasteiger partial charge < -0.3 is 14.4 Å². The minimum atomic E-state index is -0.604. The fraction of sp³-hybridized carbons (Fsp3) is 0.348. The molecule has 0 saturated carbocycles. The van der Waals surface area contributed by atoms with Gasteiger partial charge in [0, 0.05) is 19.0 Å². The number of nitrogens with one attached hydrogen (secondary N) is 1. The van der Waals surface area contributed by atoms with Crippen molar-refractivity contribution >= 4 is 34.0 Å². The number of nitrogens with zero attached hydrogens (tertiary/aromatic N) is 6. The Morgan fingerprint density at radius 2 is 2.03 bits per heavy atom. The first-order valence-electron chi connectivity index (χ1n) is 10.8. The van der Waals surface area contributed by atoms with E-state index in [4.69, 9.17) is 14.5 Å². The van der Waals surface area contributed by atoms with Gasteiger partial charge in [0.15, 0.2) is 5.75 Å². The number of ether oxygens (including phenoxy) is 2. The highest BCUT2D eigenvalue weighted by Crippen LogP contribution is 2.34. The molecule has 1 aliphatic heterocycles. The molecule has 0 spiro atoms. The monoisotopic (exact) mass is 447 g/mol. The van der Waals surface area contributed by atoms with E-state index in [2.05, 4.69) is 25.5 Å². The van der Waals surface area contributed by atoms with Crippen LogP contribution >= 0.6 is 0 Å². The molecule has 0 radical (unpaired) electrons. The summed E-state index contributed by atoms with van der Waals surface area (Å²) in [6, 6.07) is 9.35. The first-order chi connectivity index (χ1) is 15.8. The SMILES string of the molecule is CN1CCCOc2c1cnn1c(-c3ccc4cccc(NC(=O)OC(C)(C)C)c4n3)nnc21.